The Labute approximate surface area is 110 Å². The van der Waals surface area contributed by atoms with Gasteiger partial charge in [-0.2, -0.15) is 0 Å². The van der Waals surface area contributed by atoms with E-state index in [1.54, 1.807) is 0 Å². The van der Waals surface area contributed by atoms with E-state index < -0.39 is 0 Å². The zero-order valence-electron chi connectivity index (χ0n) is 11.4. The molecule has 0 bridgehead atoms. The third-order valence-electron chi connectivity index (χ3n) is 4.11. The summed E-state index contributed by atoms with van der Waals surface area (Å²) < 4.78 is 0. The van der Waals surface area contributed by atoms with Gasteiger partial charge in [0.2, 0.25) is 0 Å². The fourth-order valence-corrected chi connectivity index (χ4v) is 2.83. The zero-order valence-corrected chi connectivity index (χ0v) is 11.4. The van der Waals surface area contributed by atoms with Crippen LogP contribution in [0.25, 0.3) is 0 Å². The summed E-state index contributed by atoms with van der Waals surface area (Å²) in [5, 5.41) is 10.1. The average molecular weight is 248 g/mol. The van der Waals surface area contributed by atoms with Gasteiger partial charge in [0.05, 0.1) is 6.10 Å². The predicted octanol–water partition coefficient (Wildman–Crippen LogP) is 2.11. The maximum absolute atomic E-state index is 10.1. The van der Waals surface area contributed by atoms with Crippen LogP contribution in [0, 0.1) is 5.92 Å². The van der Waals surface area contributed by atoms with Crippen LogP contribution in [-0.2, 0) is 6.42 Å². The van der Waals surface area contributed by atoms with Gasteiger partial charge in [-0.25, -0.2) is 0 Å². The van der Waals surface area contributed by atoms with E-state index in [-0.39, 0.29) is 6.10 Å². The van der Waals surface area contributed by atoms with Crippen LogP contribution < -0.4 is 0 Å². The minimum atomic E-state index is -0.149. The van der Waals surface area contributed by atoms with Gasteiger partial charge in [0.1, 0.15) is 0 Å². The first kappa shape index (κ1) is 13.5. The van der Waals surface area contributed by atoms with E-state index in [2.05, 4.69) is 36.0 Å². The van der Waals surface area contributed by atoms with Crippen molar-refractivity contribution in [1.29, 1.82) is 0 Å². The molecule has 0 aliphatic heterocycles. The van der Waals surface area contributed by atoms with E-state index in [0.717, 1.165) is 38.1 Å². The highest BCUT2D eigenvalue weighted by Crippen LogP contribution is 2.27. The lowest BCUT2D eigenvalue weighted by Gasteiger charge is -2.38. The zero-order chi connectivity index (χ0) is 13.0. The third kappa shape index (κ3) is 3.53. The van der Waals surface area contributed by atoms with Crippen LogP contribution in [-0.4, -0.2) is 40.7 Å². The summed E-state index contributed by atoms with van der Waals surface area (Å²) in [4.78, 5) is 6.35. The summed E-state index contributed by atoms with van der Waals surface area (Å²) in [7, 11) is 2.13. The molecule has 1 heterocycles. The Hall–Kier alpha value is -0.930. The number of hydrogen-bond acceptors (Lipinski definition) is 3. The van der Waals surface area contributed by atoms with Crippen LogP contribution >= 0.6 is 0 Å². The van der Waals surface area contributed by atoms with Crippen molar-refractivity contribution in [3.8, 4) is 0 Å². The molecule has 1 saturated carbocycles. The summed E-state index contributed by atoms with van der Waals surface area (Å²) >= 11 is 0. The molecule has 100 valence electrons. The van der Waals surface area contributed by atoms with Gasteiger partial charge >= 0.3 is 0 Å². The maximum Gasteiger partial charge on any atom is 0.0695 e. The van der Waals surface area contributed by atoms with Crippen molar-refractivity contribution in [3.63, 3.8) is 0 Å². The van der Waals surface area contributed by atoms with Gasteiger partial charge in [0, 0.05) is 25.0 Å². The Morgan fingerprint density at radius 3 is 2.78 bits per heavy atom. The van der Waals surface area contributed by atoms with E-state index >= 15 is 0 Å². The van der Waals surface area contributed by atoms with Crippen molar-refractivity contribution in [1.82, 2.24) is 9.88 Å². The highest BCUT2D eigenvalue weighted by Gasteiger charge is 2.29. The Kier molecular flexibility index (Phi) is 4.72. The van der Waals surface area contributed by atoms with Crippen LogP contribution in [0.1, 0.15) is 31.7 Å². The molecule has 0 aromatic carbocycles. The second-order valence-electron chi connectivity index (χ2n) is 5.64. The molecule has 3 heteroatoms. The molecule has 1 aliphatic carbocycles. The standard InChI is InChI=1S/C15H24N2O/c1-12-3-4-15(18)14(11-12)17(2)10-7-13-5-8-16-9-6-13/h5-6,8-9,12,14-15,18H,3-4,7,10-11H2,1-2H3. The second-order valence-corrected chi connectivity index (χ2v) is 5.64. The molecule has 0 saturated heterocycles. The smallest absolute Gasteiger partial charge is 0.0695 e. The molecular weight excluding hydrogens is 224 g/mol. The Bertz CT molecular complexity index is 355. The summed E-state index contributed by atoms with van der Waals surface area (Å²) in [6, 6.07) is 4.46. The van der Waals surface area contributed by atoms with Crippen LogP contribution in [0.5, 0.6) is 0 Å². The molecule has 1 aliphatic rings. The fraction of sp³-hybridized carbons (Fsp3) is 0.667. The Balaban J connectivity index is 1.85. The van der Waals surface area contributed by atoms with Crippen LogP contribution in [0.15, 0.2) is 24.5 Å². The van der Waals surface area contributed by atoms with E-state index in [1.165, 1.54) is 5.56 Å². The monoisotopic (exact) mass is 248 g/mol. The lowest BCUT2D eigenvalue weighted by Crippen LogP contribution is -2.45. The van der Waals surface area contributed by atoms with Crippen LogP contribution in [0.2, 0.25) is 0 Å². The number of rotatable bonds is 4. The predicted molar refractivity (Wildman–Crippen MR) is 73.4 cm³/mol. The number of pyridine rings is 1. The molecule has 2 rings (SSSR count). The first-order chi connectivity index (χ1) is 8.66. The number of aromatic nitrogens is 1. The molecule has 3 nitrogen and oxygen atoms in total. The SMILES string of the molecule is CC1CCC(O)C(N(C)CCc2ccncc2)C1. The molecule has 0 spiro atoms. The summed E-state index contributed by atoms with van der Waals surface area (Å²) in [5.41, 5.74) is 1.31. The van der Waals surface area contributed by atoms with E-state index in [4.69, 9.17) is 0 Å². The van der Waals surface area contributed by atoms with Gasteiger partial charge < -0.3 is 10.0 Å². The fourth-order valence-electron chi connectivity index (χ4n) is 2.83. The van der Waals surface area contributed by atoms with Gasteiger partial charge in [0.15, 0.2) is 0 Å². The highest BCUT2D eigenvalue weighted by atomic mass is 16.3. The number of likely N-dealkylation sites (N-methyl/N-ethyl adjacent to an activating group) is 1. The highest BCUT2D eigenvalue weighted by molar-refractivity contribution is 5.10. The van der Waals surface area contributed by atoms with E-state index in [1.807, 2.05) is 12.4 Å². The summed E-state index contributed by atoms with van der Waals surface area (Å²) in [6.45, 7) is 3.29. The van der Waals surface area contributed by atoms with Crippen molar-refractivity contribution < 1.29 is 5.11 Å². The largest absolute Gasteiger partial charge is 0.391 e. The lowest BCUT2D eigenvalue weighted by atomic mass is 9.84. The van der Waals surface area contributed by atoms with Crippen molar-refractivity contribution >= 4 is 0 Å². The summed E-state index contributed by atoms with van der Waals surface area (Å²) in [5.74, 6) is 0.738. The van der Waals surface area contributed by atoms with Crippen molar-refractivity contribution in [2.75, 3.05) is 13.6 Å². The van der Waals surface area contributed by atoms with Crippen LogP contribution in [0.3, 0.4) is 0 Å². The Morgan fingerprint density at radius 2 is 2.06 bits per heavy atom. The normalized spacial score (nSPS) is 28.6. The molecule has 3 unspecified atom stereocenters. The lowest BCUT2D eigenvalue weighted by molar-refractivity contribution is 0.0177. The third-order valence-corrected chi connectivity index (χ3v) is 4.11. The second kappa shape index (κ2) is 6.30. The molecule has 1 fully saturated rings. The average Bonchev–Trinajstić information content (AvgIpc) is 2.40. The van der Waals surface area contributed by atoms with E-state index in [9.17, 15) is 5.11 Å². The molecule has 3 atom stereocenters. The number of hydrogen-bond donors (Lipinski definition) is 1. The maximum atomic E-state index is 10.1. The first-order valence-electron chi connectivity index (χ1n) is 6.94. The minimum absolute atomic E-state index is 0.149. The quantitative estimate of drug-likeness (QED) is 0.886. The van der Waals surface area contributed by atoms with Crippen molar-refractivity contribution in [3.05, 3.63) is 30.1 Å². The molecule has 18 heavy (non-hydrogen) atoms. The first-order valence-corrected chi connectivity index (χ1v) is 6.94. The topological polar surface area (TPSA) is 36.4 Å². The van der Waals surface area contributed by atoms with Crippen molar-refractivity contribution in [2.24, 2.45) is 5.92 Å². The Morgan fingerprint density at radius 1 is 1.33 bits per heavy atom. The molecule has 1 aromatic heterocycles. The molecular formula is C15H24N2O. The number of aliphatic hydroxyl groups is 1. The molecule has 1 N–H and O–H groups in total. The molecule has 0 amide bonds. The van der Waals surface area contributed by atoms with Crippen molar-refractivity contribution in [2.45, 2.75) is 44.8 Å². The van der Waals surface area contributed by atoms with E-state index in [0.29, 0.717) is 6.04 Å². The summed E-state index contributed by atoms with van der Waals surface area (Å²) in [6.07, 6.45) is 7.79. The van der Waals surface area contributed by atoms with Gasteiger partial charge in [-0.05, 0) is 56.3 Å². The van der Waals surface area contributed by atoms with Gasteiger partial charge in [-0.1, -0.05) is 6.92 Å². The molecule has 1 aromatic rings. The molecule has 0 radical (unpaired) electrons. The van der Waals surface area contributed by atoms with Gasteiger partial charge in [-0.15, -0.1) is 0 Å². The number of aliphatic hydroxyl groups excluding tert-OH is 1. The van der Waals surface area contributed by atoms with Gasteiger partial charge in [0.25, 0.3) is 0 Å². The van der Waals surface area contributed by atoms with Crippen LogP contribution in [0.4, 0.5) is 0 Å². The van der Waals surface area contributed by atoms with Gasteiger partial charge in [-0.3, -0.25) is 4.98 Å². The number of nitrogens with zero attached hydrogens (tertiary/aromatic N) is 2. The minimum Gasteiger partial charge on any atom is -0.391 e.